The van der Waals surface area contributed by atoms with E-state index in [1.165, 1.54) is 0 Å². The van der Waals surface area contributed by atoms with Gasteiger partial charge in [0.15, 0.2) is 0 Å². The van der Waals surface area contributed by atoms with Crippen molar-refractivity contribution in [2.24, 2.45) is 0 Å². The molecule has 3 aromatic carbocycles. The van der Waals surface area contributed by atoms with Gasteiger partial charge in [-0.25, -0.2) is 9.69 Å². The summed E-state index contributed by atoms with van der Waals surface area (Å²) >= 11 is 8.31. The van der Waals surface area contributed by atoms with E-state index in [2.05, 4.69) is 27.9 Å². The zero-order valence-corrected chi connectivity index (χ0v) is 20.4. The number of halogens is 2. The largest absolute Gasteiger partial charge is 0.423 e. The number of hydrogen-bond acceptors (Lipinski definition) is 5. The average molecular weight is 573 g/mol. The number of aryl methyl sites for hydroxylation is 1. The minimum absolute atomic E-state index is 0.0214. The van der Waals surface area contributed by atoms with Crippen LogP contribution in [0.2, 0.25) is 0 Å². The van der Waals surface area contributed by atoms with Crippen molar-refractivity contribution in [3.05, 3.63) is 98.2 Å². The number of ether oxygens (including phenoxy) is 1. The molecule has 0 saturated carbocycles. The smallest absolute Gasteiger partial charge is 0.343 e. The zero-order valence-electron chi connectivity index (χ0n) is 17.5. The van der Waals surface area contributed by atoms with Gasteiger partial charge in [0, 0.05) is 9.26 Å². The highest BCUT2D eigenvalue weighted by Crippen LogP contribution is 2.30. The lowest BCUT2D eigenvalue weighted by Gasteiger charge is -2.15. The van der Waals surface area contributed by atoms with E-state index in [0.29, 0.717) is 22.7 Å². The number of carbonyl (C=O) groups excluding carboxylic acids is 3. The Morgan fingerprint density at radius 2 is 1.70 bits per heavy atom. The summed E-state index contributed by atoms with van der Waals surface area (Å²) in [7, 11) is 0. The van der Waals surface area contributed by atoms with E-state index in [1.54, 1.807) is 54.6 Å². The van der Waals surface area contributed by atoms with Crippen LogP contribution < -0.4 is 15.0 Å². The standard InChI is InChI=1S/C25H18ClIN2O4/c1-2-15-4-3-5-20(14-15)33-25(32)16-6-10-18(11-7-16)28-22-21(26)23(30)29(24(22)31)19-12-8-17(27)9-13-19/h3-14,28H,2H2,1H3. The Hall–Kier alpha value is -3.17. The number of benzene rings is 3. The van der Waals surface area contributed by atoms with Crippen LogP contribution in [0.15, 0.2) is 83.5 Å². The van der Waals surface area contributed by atoms with Crippen LogP contribution in [-0.2, 0) is 16.0 Å². The highest BCUT2D eigenvalue weighted by molar-refractivity contribution is 14.1. The van der Waals surface area contributed by atoms with Crippen LogP contribution in [0.3, 0.4) is 0 Å². The monoisotopic (exact) mass is 572 g/mol. The molecular weight excluding hydrogens is 555 g/mol. The molecule has 3 aromatic rings. The second kappa shape index (κ2) is 9.76. The molecule has 1 N–H and O–H groups in total. The third kappa shape index (κ3) is 4.94. The molecule has 0 bridgehead atoms. The van der Waals surface area contributed by atoms with Crippen LogP contribution in [0.5, 0.6) is 5.75 Å². The minimum Gasteiger partial charge on any atom is -0.423 e. The van der Waals surface area contributed by atoms with Crippen molar-refractivity contribution >= 4 is 63.4 Å². The fourth-order valence-electron chi connectivity index (χ4n) is 3.26. The number of imide groups is 1. The van der Waals surface area contributed by atoms with Gasteiger partial charge in [-0.05, 0) is 95.2 Å². The van der Waals surface area contributed by atoms with Crippen molar-refractivity contribution in [2.45, 2.75) is 13.3 Å². The molecule has 6 nitrogen and oxygen atoms in total. The Bertz CT molecular complexity index is 1270. The van der Waals surface area contributed by atoms with E-state index < -0.39 is 17.8 Å². The number of hydrogen-bond donors (Lipinski definition) is 1. The first-order chi connectivity index (χ1) is 15.9. The van der Waals surface area contributed by atoms with Gasteiger partial charge in [-0.1, -0.05) is 30.7 Å². The molecule has 33 heavy (non-hydrogen) atoms. The van der Waals surface area contributed by atoms with E-state index >= 15 is 0 Å². The van der Waals surface area contributed by atoms with E-state index in [0.717, 1.165) is 20.5 Å². The fourth-order valence-corrected chi connectivity index (χ4v) is 3.84. The van der Waals surface area contributed by atoms with Gasteiger partial charge >= 0.3 is 5.97 Å². The molecule has 0 spiro atoms. The topological polar surface area (TPSA) is 75.7 Å². The van der Waals surface area contributed by atoms with Crippen molar-refractivity contribution in [3.63, 3.8) is 0 Å². The molecule has 0 aliphatic carbocycles. The number of carbonyl (C=O) groups is 3. The van der Waals surface area contributed by atoms with Crippen LogP contribution in [-0.4, -0.2) is 17.8 Å². The summed E-state index contributed by atoms with van der Waals surface area (Å²) < 4.78 is 6.42. The minimum atomic E-state index is -0.597. The van der Waals surface area contributed by atoms with Gasteiger partial charge in [-0.15, -0.1) is 0 Å². The first-order valence-corrected chi connectivity index (χ1v) is 11.6. The van der Waals surface area contributed by atoms with E-state index in [9.17, 15) is 14.4 Å². The maximum absolute atomic E-state index is 12.9. The van der Waals surface area contributed by atoms with Gasteiger partial charge < -0.3 is 10.1 Å². The zero-order chi connectivity index (χ0) is 23.5. The maximum Gasteiger partial charge on any atom is 0.343 e. The van der Waals surface area contributed by atoms with Gasteiger partial charge in [-0.3, -0.25) is 9.59 Å². The van der Waals surface area contributed by atoms with Gasteiger partial charge in [-0.2, -0.15) is 0 Å². The van der Waals surface area contributed by atoms with E-state index in [1.807, 2.05) is 25.1 Å². The Balaban J connectivity index is 1.47. The summed E-state index contributed by atoms with van der Waals surface area (Å²) in [5.41, 5.74) is 2.33. The molecule has 0 aromatic heterocycles. The molecule has 0 radical (unpaired) electrons. The Kier molecular flexibility index (Phi) is 6.80. The highest BCUT2D eigenvalue weighted by atomic mass is 127. The normalized spacial score (nSPS) is 13.5. The van der Waals surface area contributed by atoms with Gasteiger partial charge in [0.2, 0.25) is 0 Å². The molecule has 166 valence electrons. The summed E-state index contributed by atoms with van der Waals surface area (Å²) in [6, 6.07) is 20.7. The quantitative estimate of drug-likeness (QED) is 0.183. The third-order valence-electron chi connectivity index (χ3n) is 5.02. The SMILES string of the molecule is CCc1cccc(OC(=O)c2ccc(NC3=C(Cl)C(=O)N(c4ccc(I)cc4)C3=O)cc2)c1. The predicted molar refractivity (Wildman–Crippen MR) is 135 cm³/mol. The van der Waals surface area contributed by atoms with Crippen LogP contribution >= 0.6 is 34.2 Å². The molecule has 0 unspecified atom stereocenters. The van der Waals surface area contributed by atoms with Gasteiger partial charge in [0.25, 0.3) is 11.8 Å². The van der Waals surface area contributed by atoms with Crippen molar-refractivity contribution in [1.82, 2.24) is 0 Å². The number of nitrogens with zero attached hydrogens (tertiary/aromatic N) is 1. The Labute approximate surface area is 209 Å². The molecule has 2 amide bonds. The van der Waals surface area contributed by atoms with Crippen LogP contribution in [0.4, 0.5) is 11.4 Å². The number of rotatable bonds is 6. The van der Waals surface area contributed by atoms with E-state index in [-0.39, 0.29) is 10.7 Å². The number of esters is 1. The molecule has 0 fully saturated rings. The van der Waals surface area contributed by atoms with Crippen molar-refractivity contribution in [3.8, 4) is 5.75 Å². The van der Waals surface area contributed by atoms with Crippen molar-refractivity contribution in [2.75, 3.05) is 10.2 Å². The summed E-state index contributed by atoms with van der Waals surface area (Å²) in [4.78, 5) is 38.9. The third-order valence-corrected chi connectivity index (χ3v) is 6.09. The van der Waals surface area contributed by atoms with Crippen LogP contribution in [0, 0.1) is 3.57 Å². The van der Waals surface area contributed by atoms with Crippen LogP contribution in [0.1, 0.15) is 22.8 Å². The summed E-state index contributed by atoms with van der Waals surface area (Å²) in [5.74, 6) is -1.17. The van der Waals surface area contributed by atoms with Crippen molar-refractivity contribution < 1.29 is 19.1 Å². The molecule has 1 heterocycles. The van der Waals surface area contributed by atoms with Gasteiger partial charge in [0.05, 0.1) is 11.3 Å². The lowest BCUT2D eigenvalue weighted by atomic mass is 10.1. The second-order valence-corrected chi connectivity index (χ2v) is 8.83. The fraction of sp³-hybridized carbons (Fsp3) is 0.0800. The summed E-state index contributed by atoms with van der Waals surface area (Å²) in [6.07, 6.45) is 0.840. The molecule has 0 saturated heterocycles. The second-order valence-electron chi connectivity index (χ2n) is 7.20. The first-order valence-electron chi connectivity index (χ1n) is 10.1. The Morgan fingerprint density at radius 3 is 2.36 bits per heavy atom. The lowest BCUT2D eigenvalue weighted by Crippen LogP contribution is -2.32. The number of amides is 2. The Morgan fingerprint density at radius 1 is 1.00 bits per heavy atom. The number of anilines is 2. The molecule has 8 heteroatoms. The summed E-state index contributed by atoms with van der Waals surface area (Å²) in [5, 5.41) is 2.70. The lowest BCUT2D eigenvalue weighted by molar-refractivity contribution is -0.120. The van der Waals surface area contributed by atoms with Crippen LogP contribution in [0.25, 0.3) is 0 Å². The van der Waals surface area contributed by atoms with Crippen molar-refractivity contribution in [1.29, 1.82) is 0 Å². The molecular formula is C25H18ClIN2O4. The summed E-state index contributed by atoms with van der Waals surface area (Å²) in [6.45, 7) is 2.02. The maximum atomic E-state index is 12.9. The number of nitrogens with one attached hydrogen (secondary N) is 1. The van der Waals surface area contributed by atoms with Gasteiger partial charge in [0.1, 0.15) is 16.5 Å². The first kappa shape index (κ1) is 23.0. The average Bonchev–Trinajstić information content (AvgIpc) is 3.03. The molecule has 1 aliphatic rings. The molecule has 4 rings (SSSR count). The van der Waals surface area contributed by atoms with E-state index in [4.69, 9.17) is 16.3 Å². The molecule has 0 atom stereocenters. The highest BCUT2D eigenvalue weighted by Gasteiger charge is 2.38. The predicted octanol–water partition coefficient (Wildman–Crippen LogP) is 5.51. The molecule has 1 aliphatic heterocycles.